The van der Waals surface area contributed by atoms with E-state index < -0.39 is 0 Å². The molecule has 1 aliphatic carbocycles. The normalized spacial score (nSPS) is 16.8. The smallest absolute Gasteiger partial charge is 0.273 e. The summed E-state index contributed by atoms with van der Waals surface area (Å²) in [5.74, 6) is -0.175. The van der Waals surface area contributed by atoms with Crippen LogP contribution >= 0.6 is 0 Å². The molecule has 2 aromatic rings. The quantitative estimate of drug-likeness (QED) is 0.878. The molecular formula is C17H22FN5O. The lowest BCUT2D eigenvalue weighted by Gasteiger charge is -2.29. The fourth-order valence-corrected chi connectivity index (χ4v) is 3.21. The molecule has 1 aliphatic rings. The maximum atomic E-state index is 13.0. The molecule has 1 atom stereocenters. The van der Waals surface area contributed by atoms with Crippen LogP contribution in [0.15, 0.2) is 30.5 Å². The topological polar surface area (TPSA) is 85.8 Å². The number of aromatic nitrogens is 3. The number of nitrogens with zero attached hydrogens (tertiary/aromatic N) is 3. The Bertz CT molecular complexity index is 679. The average molecular weight is 331 g/mol. The Labute approximate surface area is 140 Å². The minimum atomic E-state index is -0.331. The zero-order chi connectivity index (χ0) is 16.9. The molecule has 24 heavy (non-hydrogen) atoms. The number of halogens is 1. The lowest BCUT2D eigenvalue weighted by molar-refractivity contribution is 0.0910. The molecule has 3 rings (SSSR count). The third-order valence-corrected chi connectivity index (χ3v) is 4.57. The van der Waals surface area contributed by atoms with Crippen LogP contribution < -0.4 is 11.1 Å². The zero-order valence-corrected chi connectivity index (χ0v) is 13.5. The van der Waals surface area contributed by atoms with Crippen molar-refractivity contribution in [3.8, 4) is 5.69 Å². The fourth-order valence-electron chi connectivity index (χ4n) is 3.21. The zero-order valence-electron chi connectivity index (χ0n) is 13.5. The number of carbonyl (C=O) groups is 1. The molecule has 1 aromatic heterocycles. The lowest BCUT2D eigenvalue weighted by Crippen LogP contribution is -2.46. The standard InChI is InChI=1S/C17H22FN5O/c18-13-6-8-14(9-7-13)23-20-11-16(22-23)17(24)21-15(10-19)12-4-2-1-3-5-12/h6-9,11-12,15H,1-5,10,19H2,(H,21,24). The van der Waals surface area contributed by atoms with Crippen LogP contribution in [0.3, 0.4) is 0 Å². The van der Waals surface area contributed by atoms with Crippen molar-refractivity contribution in [2.24, 2.45) is 11.7 Å². The third-order valence-electron chi connectivity index (χ3n) is 4.57. The number of nitrogens with one attached hydrogen (secondary N) is 1. The molecule has 1 amide bonds. The second kappa shape index (κ2) is 7.53. The summed E-state index contributed by atoms with van der Waals surface area (Å²) in [7, 11) is 0. The molecule has 6 nitrogen and oxygen atoms in total. The van der Waals surface area contributed by atoms with E-state index in [1.807, 2.05) is 0 Å². The number of nitrogens with two attached hydrogens (primary N) is 1. The van der Waals surface area contributed by atoms with Gasteiger partial charge >= 0.3 is 0 Å². The van der Waals surface area contributed by atoms with E-state index in [0.29, 0.717) is 18.2 Å². The van der Waals surface area contributed by atoms with Gasteiger partial charge in [-0.05, 0) is 43.0 Å². The van der Waals surface area contributed by atoms with Gasteiger partial charge in [-0.1, -0.05) is 19.3 Å². The number of carbonyl (C=O) groups excluding carboxylic acids is 1. The predicted molar refractivity (Wildman–Crippen MR) is 88.2 cm³/mol. The number of benzene rings is 1. The molecule has 3 N–H and O–H groups in total. The van der Waals surface area contributed by atoms with E-state index in [1.54, 1.807) is 12.1 Å². The molecule has 1 aromatic carbocycles. The van der Waals surface area contributed by atoms with E-state index in [1.165, 1.54) is 42.4 Å². The second-order valence-electron chi connectivity index (χ2n) is 6.21. The summed E-state index contributed by atoms with van der Waals surface area (Å²) in [4.78, 5) is 13.7. The first-order chi connectivity index (χ1) is 11.7. The Morgan fingerprint density at radius 2 is 2.00 bits per heavy atom. The molecule has 1 saturated carbocycles. The minimum absolute atomic E-state index is 0.0335. The first-order valence-electron chi connectivity index (χ1n) is 8.36. The van der Waals surface area contributed by atoms with Gasteiger partial charge in [-0.15, -0.1) is 5.10 Å². The van der Waals surface area contributed by atoms with Gasteiger partial charge in [0.2, 0.25) is 0 Å². The molecular weight excluding hydrogens is 309 g/mol. The van der Waals surface area contributed by atoms with Crippen molar-refractivity contribution in [1.82, 2.24) is 20.3 Å². The van der Waals surface area contributed by atoms with Gasteiger partial charge in [0.15, 0.2) is 5.69 Å². The Kier molecular flexibility index (Phi) is 5.20. The largest absolute Gasteiger partial charge is 0.346 e. The van der Waals surface area contributed by atoms with Crippen molar-refractivity contribution in [1.29, 1.82) is 0 Å². The highest BCUT2D eigenvalue weighted by molar-refractivity contribution is 5.92. The monoisotopic (exact) mass is 331 g/mol. The molecule has 128 valence electrons. The van der Waals surface area contributed by atoms with Crippen LogP contribution in [-0.4, -0.2) is 33.5 Å². The van der Waals surface area contributed by atoms with Crippen molar-refractivity contribution in [2.75, 3.05) is 6.54 Å². The third kappa shape index (κ3) is 3.79. The van der Waals surface area contributed by atoms with Gasteiger partial charge in [0.05, 0.1) is 11.9 Å². The van der Waals surface area contributed by atoms with E-state index in [4.69, 9.17) is 5.73 Å². The highest BCUT2D eigenvalue weighted by Gasteiger charge is 2.25. The van der Waals surface area contributed by atoms with Gasteiger partial charge in [0.25, 0.3) is 5.91 Å². The van der Waals surface area contributed by atoms with E-state index in [0.717, 1.165) is 12.8 Å². The van der Waals surface area contributed by atoms with E-state index in [-0.39, 0.29) is 23.5 Å². The first-order valence-corrected chi connectivity index (χ1v) is 8.36. The summed E-state index contributed by atoms with van der Waals surface area (Å²) >= 11 is 0. The van der Waals surface area contributed by atoms with Crippen molar-refractivity contribution >= 4 is 5.91 Å². The summed E-state index contributed by atoms with van der Waals surface area (Å²) in [6.45, 7) is 0.419. The number of hydrogen-bond donors (Lipinski definition) is 2. The predicted octanol–water partition coefficient (Wildman–Crippen LogP) is 2.04. The maximum absolute atomic E-state index is 13.0. The maximum Gasteiger partial charge on any atom is 0.273 e. The number of hydrogen-bond acceptors (Lipinski definition) is 4. The average Bonchev–Trinajstić information content (AvgIpc) is 3.11. The summed E-state index contributed by atoms with van der Waals surface area (Å²) < 4.78 is 13.0. The SMILES string of the molecule is NCC(NC(=O)c1cnn(-c2ccc(F)cc2)n1)C1CCCCC1. The molecule has 0 spiro atoms. The Morgan fingerprint density at radius 3 is 2.67 bits per heavy atom. The van der Waals surface area contributed by atoms with Crippen molar-refractivity contribution in [3.05, 3.63) is 42.0 Å². The Hall–Kier alpha value is -2.28. The van der Waals surface area contributed by atoms with E-state index in [9.17, 15) is 9.18 Å². The summed E-state index contributed by atoms with van der Waals surface area (Å²) in [5.41, 5.74) is 6.67. The minimum Gasteiger partial charge on any atom is -0.346 e. The molecule has 7 heteroatoms. The van der Waals surface area contributed by atoms with Crippen LogP contribution in [0.2, 0.25) is 0 Å². The molecule has 0 aliphatic heterocycles. The highest BCUT2D eigenvalue weighted by atomic mass is 19.1. The van der Waals surface area contributed by atoms with Crippen LogP contribution in [0.25, 0.3) is 5.69 Å². The van der Waals surface area contributed by atoms with Gasteiger partial charge in [-0.2, -0.15) is 9.90 Å². The molecule has 1 heterocycles. The van der Waals surface area contributed by atoms with Crippen LogP contribution in [0.5, 0.6) is 0 Å². The number of rotatable bonds is 5. The van der Waals surface area contributed by atoms with Gasteiger partial charge in [0, 0.05) is 12.6 Å². The van der Waals surface area contributed by atoms with Crippen LogP contribution in [0.4, 0.5) is 4.39 Å². The van der Waals surface area contributed by atoms with E-state index in [2.05, 4.69) is 15.5 Å². The molecule has 1 fully saturated rings. The summed E-state index contributed by atoms with van der Waals surface area (Å²) in [6.07, 6.45) is 7.26. The fraction of sp³-hybridized carbons (Fsp3) is 0.471. The Morgan fingerprint density at radius 1 is 1.29 bits per heavy atom. The summed E-state index contributed by atoms with van der Waals surface area (Å²) in [5, 5.41) is 11.2. The van der Waals surface area contributed by atoms with Crippen LogP contribution in [0.1, 0.15) is 42.6 Å². The Balaban J connectivity index is 1.67. The van der Waals surface area contributed by atoms with E-state index >= 15 is 0 Å². The molecule has 0 bridgehead atoms. The summed E-state index contributed by atoms with van der Waals surface area (Å²) in [6, 6.07) is 5.73. The molecule has 1 unspecified atom stereocenters. The van der Waals surface area contributed by atoms with Crippen molar-refractivity contribution < 1.29 is 9.18 Å². The molecule has 0 saturated heterocycles. The molecule has 0 radical (unpaired) electrons. The van der Waals surface area contributed by atoms with Gasteiger partial charge in [-0.3, -0.25) is 4.79 Å². The first kappa shape index (κ1) is 16.6. The highest BCUT2D eigenvalue weighted by Crippen LogP contribution is 2.26. The van der Waals surface area contributed by atoms with Gasteiger partial charge in [0.1, 0.15) is 5.82 Å². The number of amides is 1. The van der Waals surface area contributed by atoms with Gasteiger partial charge in [-0.25, -0.2) is 4.39 Å². The van der Waals surface area contributed by atoms with Crippen LogP contribution in [-0.2, 0) is 0 Å². The van der Waals surface area contributed by atoms with Crippen molar-refractivity contribution in [2.45, 2.75) is 38.1 Å². The van der Waals surface area contributed by atoms with Gasteiger partial charge < -0.3 is 11.1 Å². The van der Waals surface area contributed by atoms with Crippen LogP contribution in [0, 0.1) is 11.7 Å². The lowest BCUT2D eigenvalue weighted by atomic mass is 9.84. The van der Waals surface area contributed by atoms with Crippen molar-refractivity contribution in [3.63, 3.8) is 0 Å². The second-order valence-corrected chi connectivity index (χ2v) is 6.21.